The van der Waals surface area contributed by atoms with E-state index in [2.05, 4.69) is 23.8 Å². The fraction of sp³-hybridized carbons (Fsp3) is 0.444. The summed E-state index contributed by atoms with van der Waals surface area (Å²) in [5.74, 6) is -10.2. The summed E-state index contributed by atoms with van der Waals surface area (Å²) in [4.78, 5) is 125. The average Bonchev–Trinajstić information content (AvgIpc) is 0.863. The molecule has 2 fully saturated rings. The van der Waals surface area contributed by atoms with Crippen LogP contribution in [0.1, 0.15) is 178 Å². The molecule has 5 aromatic rings. The van der Waals surface area contributed by atoms with Gasteiger partial charge in [0.15, 0.2) is 79.9 Å². The smallest absolute Gasteiger partial charge is 0.200 e. The molecule has 9 rings (SSSR count). The molecule has 2 saturated heterocycles. The van der Waals surface area contributed by atoms with E-state index in [1.807, 2.05) is 48.6 Å². The van der Waals surface area contributed by atoms with Crippen LogP contribution in [0, 0.1) is 0 Å². The molecule has 22 heteroatoms. The highest BCUT2D eigenvalue weighted by atomic mass is 16.6. The van der Waals surface area contributed by atoms with Crippen molar-refractivity contribution in [2.75, 3.05) is 0 Å². The number of Topliss-reactive ketones (excluding diaryl/α,β-unsaturated/α-hetero) is 8. The molecule has 498 valence electrons. The number of aliphatic hydroxyl groups is 8. The van der Waals surface area contributed by atoms with Crippen LogP contribution < -0.4 is 0 Å². The summed E-state index contributed by atoms with van der Waals surface area (Å²) in [6, 6.07) is 20.1. The summed E-state index contributed by atoms with van der Waals surface area (Å²) >= 11 is 0. The molecular formula is C72H82N4O18. The lowest BCUT2D eigenvalue weighted by Crippen LogP contribution is -2.85. The van der Waals surface area contributed by atoms with Gasteiger partial charge < -0.3 is 60.3 Å². The molecule has 2 aromatic carbocycles. The van der Waals surface area contributed by atoms with Crippen molar-refractivity contribution >= 4 is 92.6 Å². The molecule has 0 amide bonds. The summed E-state index contributed by atoms with van der Waals surface area (Å²) in [6.07, 6.45) is 2.48. The van der Waals surface area contributed by atoms with Crippen LogP contribution in [0.2, 0.25) is 0 Å². The van der Waals surface area contributed by atoms with Gasteiger partial charge in [-0.25, -0.2) is 9.97 Å². The second-order valence-electron chi connectivity index (χ2n) is 25.4. The number of nitrogens with zero attached hydrogens (tertiary/aromatic N) is 2. The zero-order chi connectivity index (χ0) is 68.9. The van der Waals surface area contributed by atoms with Gasteiger partial charge in [0.05, 0.1) is 22.8 Å². The Morgan fingerprint density at radius 3 is 1.04 bits per heavy atom. The number of hydrogen-bond donors (Lipinski definition) is 10. The minimum Gasteiger partial charge on any atom is -0.382 e. The van der Waals surface area contributed by atoms with Crippen LogP contribution in [-0.2, 0) is 60.7 Å². The maximum Gasteiger partial charge on any atom is 0.200 e. The Morgan fingerprint density at radius 2 is 0.734 bits per heavy atom. The summed E-state index contributed by atoms with van der Waals surface area (Å²) in [5.41, 5.74) is -12.3. The van der Waals surface area contributed by atoms with Crippen molar-refractivity contribution in [3.63, 3.8) is 0 Å². The summed E-state index contributed by atoms with van der Waals surface area (Å²) in [5, 5.41) is 96.2. The predicted molar refractivity (Wildman–Crippen MR) is 348 cm³/mol. The summed E-state index contributed by atoms with van der Waals surface area (Å²) < 4.78 is 12.2. The van der Waals surface area contributed by atoms with Crippen LogP contribution >= 0.6 is 0 Å². The molecule has 0 radical (unpaired) electrons. The zero-order valence-electron chi connectivity index (χ0n) is 54.3. The molecule has 94 heavy (non-hydrogen) atoms. The molecule has 2 unspecified atom stereocenters. The van der Waals surface area contributed by atoms with Crippen molar-refractivity contribution < 1.29 is 88.7 Å². The van der Waals surface area contributed by atoms with Gasteiger partial charge in [0.1, 0.15) is 36.6 Å². The number of hydrogen-bond acceptors (Lipinski definition) is 20. The quantitative estimate of drug-likeness (QED) is 0.0274. The Balaban J connectivity index is 1.27. The van der Waals surface area contributed by atoms with E-state index in [0.29, 0.717) is 79.9 Å². The molecule has 0 saturated carbocycles. The molecule has 10 N–H and O–H groups in total. The van der Waals surface area contributed by atoms with Crippen LogP contribution in [0.3, 0.4) is 0 Å². The molecule has 0 spiro atoms. The maximum absolute atomic E-state index is 13.8. The fourth-order valence-corrected chi connectivity index (χ4v) is 14.2. The minimum absolute atomic E-state index is 0.0421. The van der Waals surface area contributed by atoms with E-state index in [4.69, 9.17) is 19.4 Å². The third-order valence-corrected chi connectivity index (χ3v) is 19.5. The van der Waals surface area contributed by atoms with Crippen LogP contribution in [0.25, 0.3) is 68.6 Å². The minimum atomic E-state index is -3.65. The Morgan fingerprint density at radius 1 is 0.415 bits per heavy atom. The highest BCUT2D eigenvalue weighted by molar-refractivity contribution is 6.08. The summed E-state index contributed by atoms with van der Waals surface area (Å²) in [7, 11) is 0. The van der Waals surface area contributed by atoms with E-state index in [1.54, 1.807) is 24.3 Å². The van der Waals surface area contributed by atoms with Crippen molar-refractivity contribution in [1.29, 1.82) is 0 Å². The third-order valence-electron chi connectivity index (χ3n) is 19.5. The van der Waals surface area contributed by atoms with Gasteiger partial charge in [-0.1, -0.05) is 101 Å². The number of aromatic amines is 2. The fourth-order valence-electron chi connectivity index (χ4n) is 14.2. The molecule has 12 atom stereocenters. The van der Waals surface area contributed by atoms with Crippen LogP contribution in [0.15, 0.2) is 72.8 Å². The monoisotopic (exact) mass is 1290 g/mol. The van der Waals surface area contributed by atoms with Gasteiger partial charge >= 0.3 is 0 Å². The molecular weight excluding hydrogens is 1210 g/mol. The van der Waals surface area contributed by atoms with Crippen LogP contribution in [0.5, 0.6) is 0 Å². The second kappa shape index (κ2) is 26.7. The van der Waals surface area contributed by atoms with Gasteiger partial charge in [0.25, 0.3) is 0 Å². The normalized spacial score (nSPS) is 27.2. The number of carbonyl (C=O) groups is 8. The number of nitrogens with one attached hydrogen (secondary N) is 2. The number of H-pyrrole nitrogens is 2. The Hall–Kier alpha value is -8.00. The number of unbranched alkanes of at least 4 members (excludes halogenated alkanes) is 6. The number of aryl methyl sites for hydroxylation is 2. The van der Waals surface area contributed by atoms with Crippen molar-refractivity contribution in [1.82, 2.24) is 19.9 Å². The Bertz CT molecular complexity index is 4020. The van der Waals surface area contributed by atoms with Gasteiger partial charge in [-0.2, -0.15) is 0 Å². The number of ketones is 8. The third kappa shape index (κ3) is 11.1. The van der Waals surface area contributed by atoms with Crippen LogP contribution in [-0.4, -0.2) is 165 Å². The molecule has 0 aliphatic carbocycles. The largest absolute Gasteiger partial charge is 0.382 e. The predicted octanol–water partition coefficient (Wildman–Crippen LogP) is 6.94. The zero-order valence-corrected chi connectivity index (χ0v) is 54.3. The molecule has 4 aliphatic rings. The Kier molecular flexibility index (Phi) is 19.9. The van der Waals surface area contributed by atoms with Gasteiger partial charge in [-0.05, 0) is 152 Å². The SMILES string of the molecule is CCCCCCc1c2nc(c(-c3ccc([C@@H]4O[C@H](C(O)C(C)=O)[C@](O)(C(C)=O)[C@@](O)(C(C)=O)[C@]4(O)C(C)=O)cc3)c3nc(c(CCCCCC)c4ccc([nH]4)c(-c4ccc([C@@H]5O[C@H](C(O)C(C)=O)[C@](O)(C(C)=O)[C@@](O)(C(C)=O)[C@]5(O)C(C)=O)cc4)c4ccc1[nH]4)C=C3)C=C2. The first-order chi connectivity index (χ1) is 44.3. The van der Waals surface area contributed by atoms with Crippen molar-refractivity contribution in [2.24, 2.45) is 0 Å². The van der Waals surface area contributed by atoms with Crippen molar-refractivity contribution in [3.05, 3.63) is 118 Å². The van der Waals surface area contributed by atoms with Crippen molar-refractivity contribution in [2.45, 2.75) is 204 Å². The lowest BCUT2D eigenvalue weighted by atomic mass is 9.57. The summed E-state index contributed by atoms with van der Waals surface area (Å²) in [6.45, 7) is 10.8. The number of aliphatic hydroxyl groups excluding tert-OH is 2. The standard InChI is InChI=1S/C72H82N4O18/c1-11-13-15-17-19-49-51-29-33-55(73-51)59(45-21-25-47(26-22-45)63-67(87,39(5)79)71(91,43(9)83)69(89,41(7)81)65(93-63)61(85)37(3)77)57-35-31-53(75-57)50(20-18-16-14-12-2)54-32-36-58(76-54)60(56-34-30-52(49)74-56)46-23-27-48(28-24-46)64-68(88,40(6)80)72(92,44(10)84)70(90,42(8)82)66(94-64)62(86)38(4)78/h21-36,61-66,73,75,85-92H,11-20H2,1-10H3/t61?,62?,63-,64-,65+,66+,67-,68-,69+,70+,71+,72+/m0/s1. The highest BCUT2D eigenvalue weighted by Gasteiger charge is 2.80. The number of benzene rings is 2. The molecule has 8 bridgehead atoms. The molecule has 4 aliphatic heterocycles. The maximum atomic E-state index is 13.8. The van der Waals surface area contributed by atoms with E-state index in [9.17, 15) is 79.2 Å². The number of rotatable bonds is 24. The topological polar surface area (TPSA) is 374 Å². The number of ether oxygens (including phenoxy) is 2. The van der Waals surface area contributed by atoms with Gasteiger partial charge in [-0.15, -0.1) is 0 Å². The number of aromatic nitrogens is 4. The van der Waals surface area contributed by atoms with Crippen molar-refractivity contribution in [3.8, 4) is 22.3 Å². The molecule has 22 nitrogen and oxygen atoms in total. The van der Waals surface area contributed by atoms with E-state index >= 15 is 0 Å². The van der Waals surface area contributed by atoms with Crippen LogP contribution in [0.4, 0.5) is 0 Å². The van der Waals surface area contributed by atoms with E-state index in [0.717, 1.165) is 118 Å². The van der Waals surface area contributed by atoms with Gasteiger partial charge in [-0.3, -0.25) is 38.4 Å². The molecule has 7 heterocycles. The lowest BCUT2D eigenvalue weighted by molar-refractivity contribution is -0.329. The van der Waals surface area contributed by atoms with E-state index in [-0.39, 0.29) is 11.1 Å². The number of fused-ring (bicyclic) bond motifs is 8. The number of carbonyl (C=O) groups excluding carboxylic acids is 8. The average molecular weight is 1290 g/mol. The van der Waals surface area contributed by atoms with E-state index < -0.39 is 116 Å². The van der Waals surface area contributed by atoms with Gasteiger partial charge in [0, 0.05) is 44.3 Å². The van der Waals surface area contributed by atoms with E-state index in [1.165, 1.54) is 24.3 Å². The molecule has 3 aromatic heterocycles. The highest BCUT2D eigenvalue weighted by Crippen LogP contribution is 2.55. The first-order valence-corrected chi connectivity index (χ1v) is 31.7. The second-order valence-corrected chi connectivity index (χ2v) is 25.4. The first kappa shape index (κ1) is 70.3. The lowest BCUT2D eigenvalue weighted by Gasteiger charge is -2.58. The first-order valence-electron chi connectivity index (χ1n) is 31.7. The van der Waals surface area contributed by atoms with Gasteiger partial charge in [0.2, 0.25) is 0 Å². The Labute approximate surface area is 542 Å².